The van der Waals surface area contributed by atoms with E-state index >= 15 is 0 Å². The number of hydrogen-bond donors (Lipinski definition) is 0. The molecule has 1 fully saturated rings. The van der Waals surface area contributed by atoms with E-state index in [1.165, 1.54) is 38.5 Å². The number of hydrogen-bond acceptors (Lipinski definition) is 0. The molecule has 4 heteroatoms. The van der Waals surface area contributed by atoms with Crippen LogP contribution in [0.2, 0.25) is 0 Å². The lowest BCUT2D eigenvalue weighted by atomic mass is 9.73. The van der Waals surface area contributed by atoms with Gasteiger partial charge in [-0.15, -0.1) is 0 Å². The molecular weight excluding hydrogens is 388 g/mol. The van der Waals surface area contributed by atoms with Crippen molar-refractivity contribution < 1.29 is 17.6 Å². The van der Waals surface area contributed by atoms with Gasteiger partial charge in [0, 0.05) is 0 Å². The molecule has 2 aromatic rings. The van der Waals surface area contributed by atoms with E-state index in [9.17, 15) is 17.6 Å². The van der Waals surface area contributed by atoms with Gasteiger partial charge in [0.05, 0.1) is 0 Å². The van der Waals surface area contributed by atoms with Crippen molar-refractivity contribution in [1.29, 1.82) is 0 Å². The van der Waals surface area contributed by atoms with Gasteiger partial charge in [0.1, 0.15) is 5.82 Å². The van der Waals surface area contributed by atoms with Gasteiger partial charge in [0.2, 0.25) is 0 Å². The number of benzene rings is 2. The SMILES string of the molecule is CCCC1CCC(C(C)Cc2ccc(CCc3cc(F)c(F)c(F)c3)c(F)c2)CC1. The Labute approximate surface area is 177 Å². The third-order valence-electron chi connectivity index (χ3n) is 6.79. The molecule has 0 aromatic heterocycles. The average molecular weight is 421 g/mol. The van der Waals surface area contributed by atoms with Crippen molar-refractivity contribution in [2.45, 2.75) is 71.6 Å². The summed E-state index contributed by atoms with van der Waals surface area (Å²) in [5.74, 6) is -2.04. The molecule has 1 unspecified atom stereocenters. The average Bonchev–Trinajstić information content (AvgIpc) is 2.72. The van der Waals surface area contributed by atoms with Gasteiger partial charge in [-0.3, -0.25) is 0 Å². The summed E-state index contributed by atoms with van der Waals surface area (Å²) in [4.78, 5) is 0. The van der Waals surface area contributed by atoms with Gasteiger partial charge in [0.15, 0.2) is 17.5 Å². The highest BCUT2D eigenvalue weighted by Gasteiger charge is 2.25. The molecule has 3 rings (SSSR count). The van der Waals surface area contributed by atoms with Gasteiger partial charge in [-0.2, -0.15) is 0 Å². The van der Waals surface area contributed by atoms with Crippen LogP contribution in [0.3, 0.4) is 0 Å². The van der Waals surface area contributed by atoms with Crippen molar-refractivity contribution >= 4 is 0 Å². The Kier molecular flexibility index (Phi) is 7.96. The van der Waals surface area contributed by atoms with Crippen LogP contribution >= 0.6 is 0 Å². The second kappa shape index (κ2) is 10.5. The molecule has 2 aromatic carbocycles. The quantitative estimate of drug-likeness (QED) is 0.302. The Balaban J connectivity index is 1.55. The minimum atomic E-state index is -1.47. The molecule has 30 heavy (non-hydrogen) atoms. The molecule has 0 bridgehead atoms. The minimum absolute atomic E-state index is 0.252. The molecule has 164 valence electrons. The van der Waals surface area contributed by atoms with Crippen LogP contribution in [0.1, 0.15) is 69.1 Å². The van der Waals surface area contributed by atoms with Crippen molar-refractivity contribution in [3.05, 3.63) is 70.3 Å². The van der Waals surface area contributed by atoms with E-state index < -0.39 is 17.5 Å². The van der Waals surface area contributed by atoms with Crippen LogP contribution in [0.5, 0.6) is 0 Å². The molecule has 1 aliphatic rings. The van der Waals surface area contributed by atoms with Crippen molar-refractivity contribution in [2.75, 3.05) is 0 Å². The van der Waals surface area contributed by atoms with Crippen LogP contribution in [0, 0.1) is 41.0 Å². The lowest BCUT2D eigenvalue weighted by Crippen LogP contribution is -2.21. The second-order valence-electron chi connectivity index (χ2n) is 9.05. The summed E-state index contributed by atoms with van der Waals surface area (Å²) in [7, 11) is 0. The molecule has 0 nitrogen and oxygen atoms in total. The third-order valence-corrected chi connectivity index (χ3v) is 6.79. The van der Waals surface area contributed by atoms with E-state index in [0.717, 1.165) is 30.0 Å². The molecule has 0 amide bonds. The fourth-order valence-corrected chi connectivity index (χ4v) is 4.94. The molecule has 1 aliphatic carbocycles. The molecule has 0 radical (unpaired) electrons. The third kappa shape index (κ3) is 5.86. The van der Waals surface area contributed by atoms with Gasteiger partial charge in [-0.25, -0.2) is 17.6 Å². The van der Waals surface area contributed by atoms with Crippen molar-refractivity contribution in [3.8, 4) is 0 Å². The first-order valence-electron chi connectivity index (χ1n) is 11.3. The first-order chi connectivity index (χ1) is 14.4. The van der Waals surface area contributed by atoms with E-state index in [0.29, 0.717) is 29.4 Å². The summed E-state index contributed by atoms with van der Waals surface area (Å²) in [6.45, 7) is 4.53. The van der Waals surface area contributed by atoms with Crippen LogP contribution in [-0.4, -0.2) is 0 Å². The maximum Gasteiger partial charge on any atom is 0.194 e. The summed E-state index contributed by atoms with van der Waals surface area (Å²) < 4.78 is 54.3. The summed E-state index contributed by atoms with van der Waals surface area (Å²) in [5, 5.41) is 0. The Hall–Kier alpha value is -1.84. The highest BCUT2D eigenvalue weighted by molar-refractivity contribution is 5.27. The summed E-state index contributed by atoms with van der Waals surface area (Å²) in [6.07, 6.45) is 9.23. The first kappa shape index (κ1) is 22.8. The highest BCUT2D eigenvalue weighted by atomic mass is 19.2. The van der Waals surface area contributed by atoms with Crippen LogP contribution in [0.15, 0.2) is 30.3 Å². The fraction of sp³-hybridized carbons (Fsp3) is 0.538. The zero-order chi connectivity index (χ0) is 21.7. The monoisotopic (exact) mass is 420 g/mol. The normalized spacial score (nSPS) is 20.3. The first-order valence-corrected chi connectivity index (χ1v) is 11.3. The molecular formula is C26H32F4. The maximum absolute atomic E-state index is 14.6. The van der Waals surface area contributed by atoms with Crippen molar-refractivity contribution in [2.24, 2.45) is 17.8 Å². The molecule has 0 saturated heterocycles. The van der Waals surface area contributed by atoms with Crippen molar-refractivity contribution in [3.63, 3.8) is 0 Å². The number of aryl methyl sites for hydroxylation is 2. The zero-order valence-electron chi connectivity index (χ0n) is 18.0. The predicted octanol–water partition coefficient (Wildman–Crippen LogP) is 7.81. The van der Waals surface area contributed by atoms with E-state index in [4.69, 9.17) is 0 Å². The molecule has 0 N–H and O–H groups in total. The smallest absolute Gasteiger partial charge is 0.194 e. The van der Waals surface area contributed by atoms with Crippen LogP contribution in [0.4, 0.5) is 17.6 Å². The van der Waals surface area contributed by atoms with E-state index in [2.05, 4.69) is 13.8 Å². The van der Waals surface area contributed by atoms with Crippen molar-refractivity contribution in [1.82, 2.24) is 0 Å². The fourth-order valence-electron chi connectivity index (χ4n) is 4.94. The zero-order valence-corrected chi connectivity index (χ0v) is 18.0. The Morgan fingerprint density at radius 2 is 1.47 bits per heavy atom. The number of halogens is 4. The Morgan fingerprint density at radius 1 is 0.833 bits per heavy atom. The van der Waals surface area contributed by atoms with Gasteiger partial charge in [-0.05, 0) is 84.7 Å². The largest absolute Gasteiger partial charge is 0.207 e. The lowest BCUT2D eigenvalue weighted by Gasteiger charge is -2.32. The van der Waals surface area contributed by atoms with Gasteiger partial charge < -0.3 is 0 Å². The molecule has 0 spiro atoms. The summed E-state index contributed by atoms with van der Waals surface area (Å²) >= 11 is 0. The Bertz CT molecular complexity index is 814. The van der Waals surface area contributed by atoms with Crippen LogP contribution in [-0.2, 0) is 19.3 Å². The van der Waals surface area contributed by atoms with Gasteiger partial charge in [-0.1, -0.05) is 51.7 Å². The molecule has 0 aliphatic heterocycles. The standard InChI is InChI=1S/C26H32F4/c1-3-4-18-5-9-21(10-6-18)17(2)13-19-7-11-22(23(27)14-19)12-8-20-15-24(28)26(30)25(29)16-20/h7,11,14-18,21H,3-6,8-10,12-13H2,1-2H3. The maximum atomic E-state index is 14.6. The number of rotatable bonds is 8. The van der Waals surface area contributed by atoms with E-state index in [1.807, 2.05) is 6.07 Å². The van der Waals surface area contributed by atoms with Crippen LogP contribution < -0.4 is 0 Å². The topological polar surface area (TPSA) is 0 Å². The second-order valence-corrected chi connectivity index (χ2v) is 9.05. The molecule has 1 atom stereocenters. The minimum Gasteiger partial charge on any atom is -0.207 e. The van der Waals surface area contributed by atoms with Crippen LogP contribution in [0.25, 0.3) is 0 Å². The summed E-state index contributed by atoms with van der Waals surface area (Å²) in [5.41, 5.74) is 1.83. The Morgan fingerprint density at radius 3 is 2.07 bits per heavy atom. The molecule has 1 saturated carbocycles. The lowest BCUT2D eigenvalue weighted by molar-refractivity contribution is 0.206. The highest BCUT2D eigenvalue weighted by Crippen LogP contribution is 2.36. The predicted molar refractivity (Wildman–Crippen MR) is 113 cm³/mol. The molecule has 0 heterocycles. The van der Waals surface area contributed by atoms with Gasteiger partial charge >= 0.3 is 0 Å². The summed E-state index contributed by atoms with van der Waals surface area (Å²) in [6, 6.07) is 7.28. The van der Waals surface area contributed by atoms with Gasteiger partial charge in [0.25, 0.3) is 0 Å². The van der Waals surface area contributed by atoms with E-state index in [-0.39, 0.29) is 12.2 Å². The van der Waals surface area contributed by atoms with E-state index in [1.54, 1.807) is 12.1 Å².